The zero-order valence-electron chi connectivity index (χ0n) is 17.9. The summed E-state index contributed by atoms with van der Waals surface area (Å²) >= 11 is 2.07. The minimum atomic E-state index is -1.02. The minimum Gasteiger partial charge on any atom is -0.493 e. The van der Waals surface area contributed by atoms with E-state index < -0.39 is 23.7 Å². The van der Waals surface area contributed by atoms with E-state index >= 15 is 0 Å². The van der Waals surface area contributed by atoms with E-state index in [4.69, 9.17) is 9.47 Å². The molecule has 4 amide bonds. The highest BCUT2D eigenvalue weighted by Gasteiger charge is 2.38. The van der Waals surface area contributed by atoms with E-state index in [0.29, 0.717) is 32.1 Å². The Hall–Kier alpha value is -3.73. The lowest BCUT2D eigenvalue weighted by molar-refractivity contribution is -0.122. The normalized spacial score (nSPS) is 14.9. The fourth-order valence-corrected chi connectivity index (χ4v) is 4.15. The molecule has 0 radical (unpaired) electrons. The quantitative estimate of drug-likeness (QED) is 0.264. The molecule has 4 rings (SSSR count). The van der Waals surface area contributed by atoms with Gasteiger partial charge in [-0.15, -0.1) is 0 Å². The summed E-state index contributed by atoms with van der Waals surface area (Å²) in [5.41, 5.74) is 0.877. The number of imide groups is 2. The standard InChI is InChI=1S/C25H18FIN2O5/c1-33-21-13-16(12-19(27)22(21)34-14-15-7-3-2-4-8-15)11-17-23(30)28-25(32)29(24(17)31)20-10-6-5-9-18(20)26/h2-13H,14H2,1H3,(H,28,30,32)/b17-11-. The zero-order chi connectivity index (χ0) is 24.2. The summed E-state index contributed by atoms with van der Waals surface area (Å²) in [5.74, 6) is -1.66. The van der Waals surface area contributed by atoms with Crippen LogP contribution >= 0.6 is 22.6 Å². The van der Waals surface area contributed by atoms with Crippen LogP contribution in [0, 0.1) is 9.39 Å². The highest BCUT2D eigenvalue weighted by atomic mass is 127. The third kappa shape index (κ3) is 4.79. The van der Waals surface area contributed by atoms with Crippen molar-refractivity contribution in [2.45, 2.75) is 6.61 Å². The second-order valence-electron chi connectivity index (χ2n) is 7.22. The maximum atomic E-state index is 14.3. The maximum absolute atomic E-state index is 14.3. The van der Waals surface area contributed by atoms with Gasteiger partial charge in [-0.3, -0.25) is 14.9 Å². The first-order valence-corrected chi connectivity index (χ1v) is 11.2. The van der Waals surface area contributed by atoms with Crippen LogP contribution in [0.3, 0.4) is 0 Å². The topological polar surface area (TPSA) is 84.9 Å². The molecule has 0 saturated carbocycles. The summed E-state index contributed by atoms with van der Waals surface area (Å²) in [6.45, 7) is 0.328. The SMILES string of the molecule is COc1cc(/C=C2/C(=O)NC(=O)N(c3ccccc3F)C2=O)cc(I)c1OCc1ccccc1. The van der Waals surface area contributed by atoms with Gasteiger partial charge < -0.3 is 9.47 Å². The number of nitrogens with zero attached hydrogens (tertiary/aromatic N) is 1. The Kier molecular flexibility index (Phi) is 6.92. The molecule has 172 valence electrons. The number of hydrogen-bond donors (Lipinski definition) is 1. The van der Waals surface area contributed by atoms with E-state index in [0.717, 1.165) is 11.6 Å². The number of rotatable bonds is 6. The highest BCUT2D eigenvalue weighted by Crippen LogP contribution is 2.35. The van der Waals surface area contributed by atoms with Crippen LogP contribution in [0.1, 0.15) is 11.1 Å². The number of ether oxygens (including phenoxy) is 2. The Morgan fingerprint density at radius 3 is 2.44 bits per heavy atom. The van der Waals surface area contributed by atoms with Crippen LogP contribution in [0.4, 0.5) is 14.9 Å². The fourth-order valence-electron chi connectivity index (χ4n) is 3.37. The van der Waals surface area contributed by atoms with Crippen LogP contribution in [0.5, 0.6) is 11.5 Å². The number of barbiturate groups is 1. The minimum absolute atomic E-state index is 0.250. The molecule has 1 aliphatic rings. The average molecular weight is 572 g/mol. The van der Waals surface area contributed by atoms with E-state index in [2.05, 4.69) is 27.9 Å². The molecule has 1 saturated heterocycles. The van der Waals surface area contributed by atoms with Crippen LogP contribution < -0.4 is 19.7 Å². The number of urea groups is 1. The maximum Gasteiger partial charge on any atom is 0.336 e. The average Bonchev–Trinajstić information content (AvgIpc) is 2.82. The van der Waals surface area contributed by atoms with Crippen molar-refractivity contribution in [2.75, 3.05) is 12.0 Å². The van der Waals surface area contributed by atoms with Gasteiger partial charge in [-0.2, -0.15) is 0 Å². The molecule has 1 heterocycles. The molecular weight excluding hydrogens is 554 g/mol. The van der Waals surface area contributed by atoms with Crippen molar-refractivity contribution < 1.29 is 28.2 Å². The van der Waals surface area contributed by atoms with Gasteiger partial charge in [0.05, 0.1) is 16.4 Å². The molecule has 1 fully saturated rings. The van der Waals surface area contributed by atoms with E-state index in [-0.39, 0.29) is 11.3 Å². The third-order valence-corrected chi connectivity index (χ3v) is 5.79. The predicted molar refractivity (Wildman–Crippen MR) is 132 cm³/mol. The number of carbonyl (C=O) groups excluding carboxylic acids is 3. The molecule has 0 atom stereocenters. The summed E-state index contributed by atoms with van der Waals surface area (Å²) in [5, 5.41) is 2.08. The van der Waals surface area contributed by atoms with Crippen molar-refractivity contribution in [1.29, 1.82) is 0 Å². The largest absolute Gasteiger partial charge is 0.493 e. The van der Waals surface area contributed by atoms with Crippen molar-refractivity contribution >= 4 is 52.2 Å². The fraction of sp³-hybridized carbons (Fsp3) is 0.0800. The van der Waals surface area contributed by atoms with E-state index in [9.17, 15) is 18.8 Å². The lowest BCUT2D eigenvalue weighted by Gasteiger charge is -2.26. The zero-order valence-corrected chi connectivity index (χ0v) is 20.0. The Morgan fingerprint density at radius 1 is 1.03 bits per heavy atom. The van der Waals surface area contributed by atoms with Crippen LogP contribution in [0.25, 0.3) is 6.08 Å². The molecule has 0 unspecified atom stereocenters. The molecule has 9 heteroatoms. The molecule has 3 aromatic carbocycles. The summed E-state index contributed by atoms with van der Waals surface area (Å²) in [6, 6.07) is 17.2. The molecule has 1 aliphatic heterocycles. The first-order chi connectivity index (χ1) is 16.4. The molecule has 1 N–H and O–H groups in total. The van der Waals surface area contributed by atoms with Crippen LogP contribution in [0.2, 0.25) is 0 Å². The summed E-state index contributed by atoms with van der Waals surface area (Å²) < 4.78 is 26.3. The predicted octanol–water partition coefficient (Wildman–Crippen LogP) is 4.68. The lowest BCUT2D eigenvalue weighted by Crippen LogP contribution is -2.54. The molecule has 7 nitrogen and oxygen atoms in total. The van der Waals surface area contributed by atoms with Gasteiger partial charge in [0.15, 0.2) is 11.5 Å². The van der Waals surface area contributed by atoms with Crippen LogP contribution in [-0.2, 0) is 16.2 Å². The van der Waals surface area contributed by atoms with Crippen molar-refractivity contribution in [1.82, 2.24) is 5.32 Å². The number of nitrogens with one attached hydrogen (secondary N) is 1. The first-order valence-electron chi connectivity index (χ1n) is 10.1. The number of carbonyl (C=O) groups is 3. The van der Waals surface area contributed by atoms with Crippen molar-refractivity contribution in [3.63, 3.8) is 0 Å². The molecule has 3 aromatic rings. The van der Waals surface area contributed by atoms with Gasteiger partial charge in [-0.25, -0.2) is 14.1 Å². The monoisotopic (exact) mass is 572 g/mol. The van der Waals surface area contributed by atoms with Gasteiger partial charge in [-0.1, -0.05) is 42.5 Å². The molecule has 34 heavy (non-hydrogen) atoms. The van der Waals surface area contributed by atoms with Gasteiger partial charge in [0, 0.05) is 0 Å². The van der Waals surface area contributed by atoms with Gasteiger partial charge in [0.2, 0.25) is 0 Å². The van der Waals surface area contributed by atoms with Gasteiger partial charge in [0.1, 0.15) is 18.0 Å². The Morgan fingerprint density at radius 2 is 1.74 bits per heavy atom. The number of anilines is 1. The Bertz CT molecular complexity index is 1310. The number of amides is 4. The number of benzene rings is 3. The van der Waals surface area contributed by atoms with Crippen molar-refractivity contribution in [3.8, 4) is 11.5 Å². The van der Waals surface area contributed by atoms with Gasteiger partial charge in [-0.05, 0) is 64.1 Å². The summed E-state index contributed by atoms with van der Waals surface area (Å²) in [6.07, 6.45) is 1.32. The second kappa shape index (κ2) is 10.0. The van der Waals surface area contributed by atoms with E-state index in [1.807, 2.05) is 30.3 Å². The third-order valence-electron chi connectivity index (χ3n) is 4.98. The number of para-hydroxylation sites is 1. The molecule has 0 bridgehead atoms. The van der Waals surface area contributed by atoms with E-state index in [1.165, 1.54) is 31.4 Å². The number of hydrogen-bond acceptors (Lipinski definition) is 5. The number of halogens is 2. The number of methoxy groups -OCH3 is 1. The molecular formula is C25H18FIN2O5. The molecule has 0 spiro atoms. The van der Waals surface area contributed by atoms with Crippen molar-refractivity contribution in [2.24, 2.45) is 0 Å². The van der Waals surface area contributed by atoms with Crippen LogP contribution in [-0.4, -0.2) is 25.0 Å². The molecule has 0 aromatic heterocycles. The van der Waals surface area contributed by atoms with E-state index in [1.54, 1.807) is 12.1 Å². The lowest BCUT2D eigenvalue weighted by atomic mass is 10.1. The second-order valence-corrected chi connectivity index (χ2v) is 8.38. The van der Waals surface area contributed by atoms with Crippen molar-refractivity contribution in [3.05, 3.63) is 92.8 Å². The van der Waals surface area contributed by atoms with Gasteiger partial charge in [0.25, 0.3) is 11.8 Å². The Labute approximate surface area is 208 Å². The van der Waals surface area contributed by atoms with Gasteiger partial charge >= 0.3 is 6.03 Å². The summed E-state index contributed by atoms with van der Waals surface area (Å²) in [4.78, 5) is 38.4. The smallest absolute Gasteiger partial charge is 0.336 e. The van der Waals surface area contributed by atoms with Crippen LogP contribution in [0.15, 0.2) is 72.3 Å². The Balaban J connectivity index is 1.66. The highest BCUT2D eigenvalue weighted by molar-refractivity contribution is 14.1. The first kappa shape index (κ1) is 23.4. The summed E-state index contributed by atoms with van der Waals surface area (Å²) in [7, 11) is 1.48. The molecule has 0 aliphatic carbocycles.